The summed E-state index contributed by atoms with van der Waals surface area (Å²) in [7, 11) is 0. The van der Waals surface area contributed by atoms with Gasteiger partial charge in [-0.15, -0.1) is 6.58 Å². The summed E-state index contributed by atoms with van der Waals surface area (Å²) in [6, 6.07) is -0.784. The van der Waals surface area contributed by atoms with Crippen LogP contribution in [0.25, 0.3) is 0 Å². The van der Waals surface area contributed by atoms with E-state index in [-0.39, 0.29) is 6.54 Å². The van der Waals surface area contributed by atoms with Crippen molar-refractivity contribution in [1.29, 1.82) is 0 Å². The van der Waals surface area contributed by atoms with Gasteiger partial charge >= 0.3 is 12.1 Å². The average Bonchev–Trinajstić information content (AvgIpc) is 3.02. The number of nitrogens with one attached hydrogen (secondary N) is 1. The Kier molecular flexibility index (Phi) is 11.4. The molecule has 0 radical (unpaired) electrons. The third-order valence-electron chi connectivity index (χ3n) is 3.65. The number of hydrogen-bond acceptors (Lipinski definition) is 4. The summed E-state index contributed by atoms with van der Waals surface area (Å²) in [4.78, 5) is 35.4. The van der Waals surface area contributed by atoms with Crippen molar-refractivity contribution in [3.05, 3.63) is 12.7 Å². The highest BCUT2D eigenvalue weighted by molar-refractivity contribution is 5.87. The lowest BCUT2D eigenvalue weighted by atomic mass is 10.2. The van der Waals surface area contributed by atoms with Crippen LogP contribution >= 0.6 is 0 Å². The normalized spacial score (nSPS) is 16.3. The molecule has 2 amide bonds. The Balaban J connectivity index is 0.000000758. The number of hydrogen-bond donors (Lipinski definition) is 2. The monoisotopic (exact) mass is 370 g/mol. The third-order valence-corrected chi connectivity index (χ3v) is 3.65. The molecule has 1 unspecified atom stereocenters. The van der Waals surface area contributed by atoms with E-state index in [4.69, 9.17) is 9.84 Å². The van der Waals surface area contributed by atoms with Crippen LogP contribution in [0.1, 0.15) is 66.2 Å². The molecule has 2 N–H and O–H groups in total. The van der Waals surface area contributed by atoms with E-state index < -0.39 is 29.6 Å². The molecule has 1 heterocycles. The fourth-order valence-corrected chi connectivity index (χ4v) is 2.42. The number of rotatable bonds is 7. The number of allylic oxidation sites excluding steroid dienone is 1. The van der Waals surface area contributed by atoms with Gasteiger partial charge in [-0.2, -0.15) is 0 Å². The molecule has 7 nitrogen and oxygen atoms in total. The summed E-state index contributed by atoms with van der Waals surface area (Å²) in [5.41, 5.74) is -0.635. The van der Waals surface area contributed by atoms with E-state index in [1.54, 1.807) is 20.8 Å². The van der Waals surface area contributed by atoms with Gasteiger partial charge in [0.15, 0.2) is 0 Å². The first kappa shape index (κ1) is 23.9. The van der Waals surface area contributed by atoms with Gasteiger partial charge in [0.05, 0.1) is 0 Å². The summed E-state index contributed by atoms with van der Waals surface area (Å²) in [5, 5.41) is 11.3. The van der Waals surface area contributed by atoms with Gasteiger partial charge in [-0.3, -0.25) is 4.79 Å². The van der Waals surface area contributed by atoms with Gasteiger partial charge in [-0.05, 0) is 46.5 Å². The maximum Gasteiger partial charge on any atom is 0.408 e. The van der Waals surface area contributed by atoms with Crippen LogP contribution < -0.4 is 5.32 Å². The van der Waals surface area contributed by atoms with Gasteiger partial charge in [0.25, 0.3) is 0 Å². The Labute approximate surface area is 156 Å². The van der Waals surface area contributed by atoms with Crippen LogP contribution in [0.3, 0.4) is 0 Å². The Morgan fingerprint density at radius 2 is 1.96 bits per heavy atom. The van der Waals surface area contributed by atoms with Gasteiger partial charge < -0.3 is 20.1 Å². The molecular formula is C19H34N2O5. The van der Waals surface area contributed by atoms with Gasteiger partial charge in [0.1, 0.15) is 18.2 Å². The molecule has 150 valence electrons. The number of carbonyl (C=O) groups is 3. The molecule has 0 aromatic rings. The second kappa shape index (κ2) is 12.3. The predicted molar refractivity (Wildman–Crippen MR) is 101 cm³/mol. The van der Waals surface area contributed by atoms with Crippen molar-refractivity contribution in [3.8, 4) is 0 Å². The summed E-state index contributed by atoms with van der Waals surface area (Å²) >= 11 is 0. The topological polar surface area (TPSA) is 95.9 Å². The summed E-state index contributed by atoms with van der Waals surface area (Å²) in [6.45, 7) is 11.2. The van der Waals surface area contributed by atoms with Crippen LogP contribution in [-0.4, -0.2) is 52.7 Å². The number of aliphatic carboxylic acids is 1. The molecule has 26 heavy (non-hydrogen) atoms. The summed E-state index contributed by atoms with van der Waals surface area (Å²) < 4.78 is 4.99. The van der Waals surface area contributed by atoms with E-state index in [9.17, 15) is 14.4 Å². The number of ether oxygens (including phenoxy) is 1. The smallest absolute Gasteiger partial charge is 0.408 e. The van der Waals surface area contributed by atoms with Crippen LogP contribution in [0.5, 0.6) is 0 Å². The van der Waals surface area contributed by atoms with Gasteiger partial charge in [0, 0.05) is 6.54 Å². The zero-order chi connectivity index (χ0) is 20.2. The van der Waals surface area contributed by atoms with E-state index in [2.05, 4.69) is 18.8 Å². The van der Waals surface area contributed by atoms with Gasteiger partial charge in [-0.1, -0.05) is 25.8 Å². The van der Waals surface area contributed by atoms with Crippen molar-refractivity contribution in [2.75, 3.05) is 13.1 Å². The highest BCUT2D eigenvalue weighted by Gasteiger charge is 2.33. The summed E-state index contributed by atoms with van der Waals surface area (Å²) in [5.74, 6) is -1.42. The lowest BCUT2D eigenvalue weighted by molar-refractivity contribution is -0.147. The van der Waals surface area contributed by atoms with E-state index in [1.165, 1.54) is 30.6 Å². The minimum atomic E-state index is -1.01. The van der Waals surface area contributed by atoms with Crippen molar-refractivity contribution < 1.29 is 24.2 Å². The Morgan fingerprint density at radius 3 is 2.46 bits per heavy atom. The number of likely N-dealkylation sites (tertiary alicyclic amines) is 1. The Hall–Kier alpha value is -2.05. The number of nitrogens with zero attached hydrogens (tertiary/aromatic N) is 1. The van der Waals surface area contributed by atoms with Gasteiger partial charge in [0.2, 0.25) is 5.91 Å². The number of carbonyl (C=O) groups excluding carboxylic acids is 2. The van der Waals surface area contributed by atoms with Crippen LogP contribution in [0.15, 0.2) is 12.7 Å². The van der Waals surface area contributed by atoms with Crippen LogP contribution in [0.4, 0.5) is 4.79 Å². The molecule has 1 saturated heterocycles. The molecule has 1 fully saturated rings. The van der Waals surface area contributed by atoms with Crippen molar-refractivity contribution in [1.82, 2.24) is 10.2 Å². The van der Waals surface area contributed by atoms with Crippen LogP contribution in [0.2, 0.25) is 0 Å². The molecule has 1 aliphatic rings. The number of carboxylic acids is 1. The fourth-order valence-electron chi connectivity index (χ4n) is 2.42. The molecule has 0 spiro atoms. The van der Waals surface area contributed by atoms with Crippen LogP contribution in [-0.2, 0) is 14.3 Å². The molecule has 0 aromatic heterocycles. The lowest BCUT2D eigenvalue weighted by Crippen LogP contribution is -2.46. The molecule has 0 aromatic carbocycles. The SMILES string of the molecule is C=CCCCCC.CC(C)(C)OC(=O)NCC(=O)N1CCCC1C(=O)O. The maximum absolute atomic E-state index is 11.8. The minimum Gasteiger partial charge on any atom is -0.480 e. The van der Waals surface area contributed by atoms with Crippen molar-refractivity contribution in [2.45, 2.75) is 77.9 Å². The molecule has 1 aliphatic heterocycles. The van der Waals surface area contributed by atoms with Gasteiger partial charge in [-0.25, -0.2) is 9.59 Å². The number of unbranched alkanes of at least 4 members (excludes halogenated alkanes) is 3. The lowest BCUT2D eigenvalue weighted by Gasteiger charge is -2.23. The minimum absolute atomic E-state index is 0.251. The molecular weight excluding hydrogens is 336 g/mol. The zero-order valence-electron chi connectivity index (χ0n) is 16.5. The maximum atomic E-state index is 11.8. The quantitative estimate of drug-likeness (QED) is 0.529. The fraction of sp³-hybridized carbons (Fsp3) is 0.737. The number of amides is 2. The number of carboxylic acid groups (broad SMARTS) is 1. The molecule has 1 atom stereocenters. The molecule has 0 aliphatic carbocycles. The molecule has 1 rings (SSSR count). The molecule has 0 saturated carbocycles. The predicted octanol–water partition coefficient (Wildman–Crippen LogP) is 3.34. The van der Waals surface area contributed by atoms with E-state index in [1.807, 2.05) is 6.08 Å². The van der Waals surface area contributed by atoms with Crippen molar-refractivity contribution in [2.24, 2.45) is 0 Å². The molecule has 0 bridgehead atoms. The van der Waals surface area contributed by atoms with Crippen molar-refractivity contribution in [3.63, 3.8) is 0 Å². The Bertz CT molecular complexity index is 471. The highest BCUT2D eigenvalue weighted by atomic mass is 16.6. The first-order valence-corrected chi connectivity index (χ1v) is 9.22. The van der Waals surface area contributed by atoms with E-state index in [0.717, 1.165) is 0 Å². The number of alkyl carbamates (subject to hydrolysis) is 1. The Morgan fingerprint density at radius 1 is 1.31 bits per heavy atom. The standard InChI is InChI=1S/C12H20N2O5.C7H14/c1-12(2,3)19-11(18)13-7-9(15)14-6-4-5-8(14)10(16)17;1-3-5-7-6-4-2/h8H,4-7H2,1-3H3,(H,13,18)(H,16,17);3H,1,4-7H2,2H3. The van der Waals surface area contributed by atoms with E-state index in [0.29, 0.717) is 19.4 Å². The summed E-state index contributed by atoms with van der Waals surface area (Å²) in [6.07, 6.45) is 7.58. The van der Waals surface area contributed by atoms with Crippen molar-refractivity contribution >= 4 is 18.0 Å². The zero-order valence-corrected chi connectivity index (χ0v) is 16.5. The second-order valence-corrected chi connectivity index (χ2v) is 7.22. The average molecular weight is 370 g/mol. The first-order valence-electron chi connectivity index (χ1n) is 9.22. The molecule has 7 heteroatoms. The first-order chi connectivity index (χ1) is 12.1. The highest BCUT2D eigenvalue weighted by Crippen LogP contribution is 2.17. The third kappa shape index (κ3) is 10.7. The second-order valence-electron chi connectivity index (χ2n) is 7.22. The van der Waals surface area contributed by atoms with Crippen LogP contribution in [0, 0.1) is 0 Å². The largest absolute Gasteiger partial charge is 0.480 e. The van der Waals surface area contributed by atoms with E-state index >= 15 is 0 Å².